The summed E-state index contributed by atoms with van der Waals surface area (Å²) < 4.78 is 0. The summed E-state index contributed by atoms with van der Waals surface area (Å²) in [6, 6.07) is 27.0. The molecule has 0 atom stereocenters. The largest absolute Gasteiger partial charge is 0.322 e. The van der Waals surface area contributed by atoms with Crippen LogP contribution in [0.25, 0.3) is 11.1 Å². The lowest BCUT2D eigenvalue weighted by Crippen LogP contribution is -2.30. The third kappa shape index (κ3) is 3.87. The third-order valence-corrected chi connectivity index (χ3v) is 6.03. The van der Waals surface area contributed by atoms with Gasteiger partial charge in [0, 0.05) is 16.3 Å². The van der Waals surface area contributed by atoms with E-state index in [2.05, 4.69) is 5.32 Å². The highest BCUT2D eigenvalue weighted by Gasteiger charge is 2.37. The fraction of sp³-hybridized carbons (Fsp3) is 0.0357. The van der Waals surface area contributed by atoms with Gasteiger partial charge >= 0.3 is 0 Å². The van der Waals surface area contributed by atoms with Crippen LogP contribution in [0.4, 0.5) is 11.4 Å². The summed E-state index contributed by atoms with van der Waals surface area (Å²) in [6.45, 7) is 1.79. The van der Waals surface area contributed by atoms with Crippen molar-refractivity contribution in [3.63, 3.8) is 0 Å². The first-order chi connectivity index (χ1) is 16.4. The molecule has 4 aromatic carbocycles. The van der Waals surface area contributed by atoms with E-state index in [1.165, 1.54) is 6.07 Å². The Morgan fingerprint density at radius 3 is 2.15 bits per heavy atom. The molecule has 0 radical (unpaired) electrons. The molecule has 6 heteroatoms. The molecule has 1 aliphatic heterocycles. The molecule has 1 heterocycles. The Hall–Kier alpha value is -4.22. The van der Waals surface area contributed by atoms with Crippen molar-refractivity contribution in [3.8, 4) is 11.1 Å². The van der Waals surface area contributed by atoms with Crippen molar-refractivity contribution in [3.05, 3.63) is 118 Å². The number of aryl methyl sites for hydroxylation is 1. The van der Waals surface area contributed by atoms with Gasteiger partial charge in [0.2, 0.25) is 0 Å². The number of hydrogen-bond acceptors (Lipinski definition) is 3. The van der Waals surface area contributed by atoms with Crippen LogP contribution in [0.1, 0.15) is 36.6 Å². The molecule has 1 N–H and O–H groups in total. The van der Waals surface area contributed by atoms with Gasteiger partial charge in [-0.05, 0) is 72.1 Å². The topological polar surface area (TPSA) is 66.5 Å². The lowest BCUT2D eigenvalue weighted by atomic mass is 10.0. The maximum atomic E-state index is 12.9. The van der Waals surface area contributed by atoms with Gasteiger partial charge in [-0.15, -0.1) is 0 Å². The number of benzene rings is 4. The number of fused-ring (bicyclic) bond motifs is 1. The van der Waals surface area contributed by atoms with Crippen LogP contribution < -0.4 is 10.2 Å². The number of imide groups is 1. The Labute approximate surface area is 201 Å². The Bertz CT molecular complexity index is 1450. The smallest absolute Gasteiger partial charge is 0.266 e. The molecule has 166 valence electrons. The maximum absolute atomic E-state index is 12.9. The van der Waals surface area contributed by atoms with E-state index in [0.717, 1.165) is 16.0 Å². The summed E-state index contributed by atoms with van der Waals surface area (Å²) >= 11 is 6.00. The monoisotopic (exact) mass is 466 g/mol. The first-order valence-corrected chi connectivity index (χ1v) is 11.1. The van der Waals surface area contributed by atoms with E-state index in [1.54, 1.807) is 49.4 Å². The number of amides is 3. The van der Waals surface area contributed by atoms with Gasteiger partial charge in [0.05, 0.1) is 16.8 Å². The molecular weight excluding hydrogens is 448 g/mol. The summed E-state index contributed by atoms with van der Waals surface area (Å²) in [5.41, 5.74) is 4.95. The molecule has 0 saturated heterocycles. The number of halogens is 1. The summed E-state index contributed by atoms with van der Waals surface area (Å²) in [5, 5.41) is 3.27. The first kappa shape index (κ1) is 21.6. The summed E-state index contributed by atoms with van der Waals surface area (Å²) in [7, 11) is 0. The van der Waals surface area contributed by atoms with E-state index >= 15 is 0 Å². The van der Waals surface area contributed by atoms with Crippen LogP contribution in [0.5, 0.6) is 0 Å². The summed E-state index contributed by atoms with van der Waals surface area (Å²) in [5.74, 6) is -1.06. The van der Waals surface area contributed by atoms with Gasteiger partial charge < -0.3 is 5.32 Å². The van der Waals surface area contributed by atoms with E-state index in [0.29, 0.717) is 33.1 Å². The number of anilines is 2. The van der Waals surface area contributed by atoms with E-state index < -0.39 is 11.8 Å². The van der Waals surface area contributed by atoms with Crippen LogP contribution in [-0.2, 0) is 0 Å². The van der Waals surface area contributed by atoms with Crippen LogP contribution in [0, 0.1) is 6.92 Å². The molecule has 0 aromatic heterocycles. The molecule has 0 saturated carbocycles. The number of rotatable bonds is 4. The predicted molar refractivity (Wildman–Crippen MR) is 134 cm³/mol. The van der Waals surface area contributed by atoms with E-state index in [1.807, 2.05) is 42.5 Å². The maximum Gasteiger partial charge on any atom is 0.266 e. The fourth-order valence-corrected chi connectivity index (χ4v) is 4.24. The zero-order chi connectivity index (χ0) is 23.8. The van der Waals surface area contributed by atoms with Gasteiger partial charge in [-0.2, -0.15) is 0 Å². The van der Waals surface area contributed by atoms with Crippen LogP contribution in [0.2, 0.25) is 5.02 Å². The van der Waals surface area contributed by atoms with Crippen molar-refractivity contribution >= 4 is 40.7 Å². The number of carbonyl (C=O) groups excluding carboxylic acids is 3. The first-order valence-electron chi connectivity index (χ1n) is 10.7. The van der Waals surface area contributed by atoms with Gasteiger partial charge in [-0.1, -0.05) is 54.1 Å². The standard InChI is InChI=1S/C28H19ClN2O3/c1-17-15-22(30-26(32)20-9-7-19(8-10-20)18-5-3-2-4-6-18)12-14-25(17)31-27(33)23-13-11-21(29)16-24(23)28(31)34/h2-16H,1H3,(H,30,32). The molecule has 0 aliphatic carbocycles. The molecule has 1 aliphatic rings. The van der Waals surface area contributed by atoms with Gasteiger partial charge in [0.1, 0.15) is 0 Å². The zero-order valence-electron chi connectivity index (χ0n) is 18.2. The van der Waals surface area contributed by atoms with Crippen molar-refractivity contribution < 1.29 is 14.4 Å². The lowest BCUT2D eigenvalue weighted by Gasteiger charge is -2.17. The van der Waals surface area contributed by atoms with Crippen molar-refractivity contribution in [1.82, 2.24) is 0 Å². The molecule has 5 rings (SSSR count). The minimum Gasteiger partial charge on any atom is -0.322 e. The minimum absolute atomic E-state index is 0.248. The molecule has 5 nitrogen and oxygen atoms in total. The third-order valence-electron chi connectivity index (χ3n) is 5.80. The molecule has 34 heavy (non-hydrogen) atoms. The highest BCUT2D eigenvalue weighted by molar-refractivity contribution is 6.37. The average Bonchev–Trinajstić information content (AvgIpc) is 3.09. The Morgan fingerprint density at radius 2 is 1.44 bits per heavy atom. The van der Waals surface area contributed by atoms with E-state index in [9.17, 15) is 14.4 Å². The Morgan fingerprint density at radius 1 is 0.765 bits per heavy atom. The second-order valence-corrected chi connectivity index (χ2v) is 8.47. The molecular formula is C28H19ClN2O3. The quantitative estimate of drug-likeness (QED) is 0.355. The molecule has 0 fully saturated rings. The number of nitrogens with one attached hydrogen (secondary N) is 1. The van der Waals surface area contributed by atoms with Crippen molar-refractivity contribution in [2.75, 3.05) is 10.2 Å². The highest BCUT2D eigenvalue weighted by atomic mass is 35.5. The minimum atomic E-state index is -0.416. The van der Waals surface area contributed by atoms with Gasteiger partial charge in [-0.3, -0.25) is 14.4 Å². The fourth-order valence-electron chi connectivity index (χ4n) is 4.06. The number of carbonyl (C=O) groups is 3. The normalized spacial score (nSPS) is 12.6. The number of hydrogen-bond donors (Lipinski definition) is 1. The van der Waals surface area contributed by atoms with E-state index in [-0.39, 0.29) is 11.5 Å². The van der Waals surface area contributed by atoms with Crippen LogP contribution in [-0.4, -0.2) is 17.7 Å². The second kappa shape index (κ2) is 8.61. The highest BCUT2D eigenvalue weighted by Crippen LogP contribution is 2.33. The Balaban J connectivity index is 1.34. The summed E-state index contributed by atoms with van der Waals surface area (Å²) in [4.78, 5) is 39.6. The average molecular weight is 467 g/mol. The Kier molecular flexibility index (Phi) is 5.48. The van der Waals surface area contributed by atoms with Gasteiger partial charge in [0.15, 0.2) is 0 Å². The molecule has 0 bridgehead atoms. The predicted octanol–water partition coefficient (Wildman–Crippen LogP) is 6.37. The summed E-state index contributed by atoms with van der Waals surface area (Å²) in [6.07, 6.45) is 0. The van der Waals surface area contributed by atoms with Crippen LogP contribution >= 0.6 is 11.6 Å². The van der Waals surface area contributed by atoms with Crippen molar-refractivity contribution in [2.45, 2.75) is 6.92 Å². The second-order valence-electron chi connectivity index (χ2n) is 8.03. The lowest BCUT2D eigenvalue weighted by molar-refractivity contribution is 0.0924. The zero-order valence-corrected chi connectivity index (χ0v) is 19.0. The van der Waals surface area contributed by atoms with Crippen molar-refractivity contribution in [1.29, 1.82) is 0 Å². The molecule has 0 spiro atoms. The van der Waals surface area contributed by atoms with Gasteiger partial charge in [0.25, 0.3) is 17.7 Å². The van der Waals surface area contributed by atoms with Gasteiger partial charge in [-0.25, -0.2) is 4.90 Å². The van der Waals surface area contributed by atoms with Crippen LogP contribution in [0.3, 0.4) is 0 Å². The molecule has 4 aromatic rings. The SMILES string of the molecule is Cc1cc(NC(=O)c2ccc(-c3ccccc3)cc2)ccc1N1C(=O)c2ccc(Cl)cc2C1=O. The number of nitrogens with zero attached hydrogens (tertiary/aromatic N) is 1. The van der Waals surface area contributed by atoms with Crippen molar-refractivity contribution in [2.24, 2.45) is 0 Å². The molecule has 0 unspecified atom stereocenters. The van der Waals surface area contributed by atoms with E-state index in [4.69, 9.17) is 11.6 Å². The van der Waals surface area contributed by atoms with Crippen LogP contribution in [0.15, 0.2) is 91.0 Å². The molecule has 3 amide bonds.